The van der Waals surface area contributed by atoms with Crippen molar-refractivity contribution in [3.05, 3.63) is 0 Å². The fourth-order valence-electron chi connectivity index (χ4n) is 0.941. The van der Waals surface area contributed by atoms with Gasteiger partial charge in [0.15, 0.2) is 0 Å². The highest BCUT2D eigenvalue weighted by Crippen LogP contribution is 2.08. The van der Waals surface area contributed by atoms with Gasteiger partial charge in [0.05, 0.1) is 12.6 Å². The van der Waals surface area contributed by atoms with E-state index in [0.29, 0.717) is 0 Å². The Balaban J connectivity index is 4.15. The van der Waals surface area contributed by atoms with Crippen molar-refractivity contribution in [2.75, 3.05) is 20.6 Å². The van der Waals surface area contributed by atoms with Crippen molar-refractivity contribution in [1.82, 2.24) is 10.2 Å². The molecule has 1 N–H and O–H groups in total. The average Bonchev–Trinajstić information content (AvgIpc) is 2.14. The summed E-state index contributed by atoms with van der Waals surface area (Å²) in [4.78, 5) is 24.0. The molecule has 5 nitrogen and oxygen atoms in total. The molecule has 0 aliphatic carbocycles. The first-order valence-corrected chi connectivity index (χ1v) is 4.77. The third kappa shape index (κ3) is 4.45. The number of hydrogen-bond acceptors (Lipinski definition) is 3. The van der Waals surface area contributed by atoms with Gasteiger partial charge in [-0.05, 0) is 5.92 Å². The maximum Gasteiger partial charge on any atom is 0.241 e. The van der Waals surface area contributed by atoms with Gasteiger partial charge in [-0.2, -0.15) is 5.26 Å². The molecule has 0 aliphatic rings. The molecule has 0 aromatic heterocycles. The summed E-state index contributed by atoms with van der Waals surface area (Å²) in [7, 11) is 3.22. The van der Waals surface area contributed by atoms with E-state index >= 15 is 0 Å². The summed E-state index contributed by atoms with van der Waals surface area (Å²) in [6.07, 6.45) is 0. The molecule has 0 heterocycles. The van der Waals surface area contributed by atoms with Crippen LogP contribution >= 0.6 is 0 Å². The van der Waals surface area contributed by atoms with Gasteiger partial charge < -0.3 is 10.2 Å². The fourth-order valence-corrected chi connectivity index (χ4v) is 0.941. The number of nitriles is 1. The van der Waals surface area contributed by atoms with E-state index < -0.39 is 5.92 Å². The molecule has 0 aromatic rings. The first kappa shape index (κ1) is 13.4. The molecule has 0 saturated heterocycles. The van der Waals surface area contributed by atoms with Gasteiger partial charge in [0.25, 0.3) is 0 Å². The summed E-state index contributed by atoms with van der Waals surface area (Å²) in [5.41, 5.74) is 0. The van der Waals surface area contributed by atoms with E-state index in [9.17, 15) is 9.59 Å². The number of nitrogens with one attached hydrogen (secondary N) is 1. The first-order valence-electron chi connectivity index (χ1n) is 4.77. The number of rotatable bonds is 4. The van der Waals surface area contributed by atoms with Crippen LogP contribution in [0.3, 0.4) is 0 Å². The van der Waals surface area contributed by atoms with Gasteiger partial charge in [-0.3, -0.25) is 9.59 Å². The van der Waals surface area contributed by atoms with Gasteiger partial charge in [0.1, 0.15) is 5.92 Å². The lowest BCUT2D eigenvalue weighted by Crippen LogP contribution is -2.40. The van der Waals surface area contributed by atoms with E-state index in [-0.39, 0.29) is 24.3 Å². The van der Waals surface area contributed by atoms with Crippen LogP contribution in [-0.4, -0.2) is 37.4 Å². The normalized spacial score (nSPS) is 11.7. The summed E-state index contributed by atoms with van der Waals surface area (Å²) in [6.45, 7) is 3.53. The van der Waals surface area contributed by atoms with Crippen molar-refractivity contribution in [3.8, 4) is 6.07 Å². The highest BCUT2D eigenvalue weighted by atomic mass is 16.2. The van der Waals surface area contributed by atoms with Crippen molar-refractivity contribution < 1.29 is 9.59 Å². The second-order valence-electron chi connectivity index (χ2n) is 3.86. The highest BCUT2D eigenvalue weighted by Gasteiger charge is 2.21. The summed E-state index contributed by atoms with van der Waals surface area (Å²) in [5.74, 6) is -1.32. The fraction of sp³-hybridized carbons (Fsp3) is 0.700. The minimum Gasteiger partial charge on any atom is -0.347 e. The Morgan fingerprint density at radius 3 is 2.27 bits per heavy atom. The molecule has 5 heteroatoms. The number of hydrogen-bond donors (Lipinski definition) is 1. The lowest BCUT2D eigenvalue weighted by atomic mass is 9.97. The van der Waals surface area contributed by atoms with Gasteiger partial charge in [-0.15, -0.1) is 0 Å². The van der Waals surface area contributed by atoms with Crippen LogP contribution in [0.1, 0.15) is 13.8 Å². The molecule has 0 saturated carbocycles. The minimum atomic E-state index is -0.694. The van der Waals surface area contributed by atoms with Gasteiger partial charge in [0.2, 0.25) is 11.8 Å². The molecule has 0 spiro atoms. The SMILES string of the molecule is CC(C)C(C#N)C(=O)NCC(=O)N(C)C. The Labute approximate surface area is 90.0 Å². The van der Waals surface area contributed by atoms with E-state index in [0.717, 1.165) is 0 Å². The Hall–Kier alpha value is -1.57. The summed E-state index contributed by atoms with van der Waals surface area (Å²) < 4.78 is 0. The molecular formula is C10H17N3O2. The Bertz CT molecular complexity index is 279. The standard InChI is InChI=1S/C10H17N3O2/c1-7(2)8(5-11)10(15)12-6-9(14)13(3)4/h7-8H,6H2,1-4H3,(H,12,15). The maximum atomic E-state index is 11.4. The zero-order valence-electron chi connectivity index (χ0n) is 9.57. The summed E-state index contributed by atoms with van der Waals surface area (Å²) in [5, 5.41) is 11.2. The molecule has 0 radical (unpaired) electrons. The predicted octanol–water partition coefficient (Wildman–Crippen LogP) is -0.0134. The van der Waals surface area contributed by atoms with Crippen LogP contribution in [0.15, 0.2) is 0 Å². The zero-order valence-corrected chi connectivity index (χ0v) is 9.57. The van der Waals surface area contributed by atoms with E-state index in [1.165, 1.54) is 4.90 Å². The average molecular weight is 211 g/mol. The molecule has 84 valence electrons. The smallest absolute Gasteiger partial charge is 0.241 e. The Morgan fingerprint density at radius 1 is 1.40 bits per heavy atom. The van der Waals surface area contributed by atoms with Crippen molar-refractivity contribution in [1.29, 1.82) is 5.26 Å². The van der Waals surface area contributed by atoms with Crippen molar-refractivity contribution in [3.63, 3.8) is 0 Å². The number of likely N-dealkylation sites (N-methyl/N-ethyl adjacent to an activating group) is 1. The van der Waals surface area contributed by atoms with Gasteiger partial charge in [-0.25, -0.2) is 0 Å². The van der Waals surface area contributed by atoms with E-state index in [1.54, 1.807) is 27.9 Å². The molecule has 1 unspecified atom stereocenters. The minimum absolute atomic E-state index is 0.0514. The van der Waals surface area contributed by atoms with Gasteiger partial charge in [0, 0.05) is 14.1 Å². The largest absolute Gasteiger partial charge is 0.347 e. The van der Waals surface area contributed by atoms with Crippen LogP contribution in [0.5, 0.6) is 0 Å². The molecule has 0 aromatic carbocycles. The van der Waals surface area contributed by atoms with Crippen LogP contribution in [-0.2, 0) is 9.59 Å². The molecule has 1 atom stereocenters. The molecule has 0 aliphatic heterocycles. The van der Waals surface area contributed by atoms with E-state index in [4.69, 9.17) is 5.26 Å². The second-order valence-corrected chi connectivity index (χ2v) is 3.86. The van der Waals surface area contributed by atoms with E-state index in [2.05, 4.69) is 5.32 Å². The van der Waals surface area contributed by atoms with Crippen LogP contribution in [0, 0.1) is 23.2 Å². The summed E-state index contributed by atoms with van der Waals surface area (Å²) >= 11 is 0. The number of carbonyl (C=O) groups is 2. The predicted molar refractivity (Wildman–Crippen MR) is 55.6 cm³/mol. The monoisotopic (exact) mass is 211 g/mol. The molecular weight excluding hydrogens is 194 g/mol. The molecule has 0 rings (SSSR count). The third-order valence-electron chi connectivity index (χ3n) is 2.00. The summed E-state index contributed by atoms with van der Waals surface area (Å²) in [6, 6.07) is 1.92. The van der Waals surface area contributed by atoms with Crippen molar-refractivity contribution in [2.24, 2.45) is 11.8 Å². The maximum absolute atomic E-state index is 11.4. The number of amides is 2. The Morgan fingerprint density at radius 2 is 1.93 bits per heavy atom. The number of nitrogens with zero attached hydrogens (tertiary/aromatic N) is 2. The number of carbonyl (C=O) groups excluding carboxylic acids is 2. The molecule has 0 fully saturated rings. The topological polar surface area (TPSA) is 73.2 Å². The van der Waals surface area contributed by atoms with Crippen LogP contribution in [0.25, 0.3) is 0 Å². The van der Waals surface area contributed by atoms with E-state index in [1.807, 2.05) is 6.07 Å². The van der Waals surface area contributed by atoms with Crippen LogP contribution < -0.4 is 5.32 Å². The van der Waals surface area contributed by atoms with Crippen molar-refractivity contribution >= 4 is 11.8 Å². The lowest BCUT2D eigenvalue weighted by Gasteiger charge is -2.14. The quantitative estimate of drug-likeness (QED) is 0.710. The first-order chi connectivity index (χ1) is 6.90. The third-order valence-corrected chi connectivity index (χ3v) is 2.00. The lowest BCUT2D eigenvalue weighted by molar-refractivity contribution is -0.132. The zero-order chi connectivity index (χ0) is 12.0. The molecule has 0 bridgehead atoms. The van der Waals surface area contributed by atoms with Crippen molar-refractivity contribution in [2.45, 2.75) is 13.8 Å². The van der Waals surface area contributed by atoms with Gasteiger partial charge in [-0.1, -0.05) is 13.8 Å². The molecule has 15 heavy (non-hydrogen) atoms. The Kier molecular flexibility index (Phi) is 5.39. The van der Waals surface area contributed by atoms with Gasteiger partial charge >= 0.3 is 0 Å². The van der Waals surface area contributed by atoms with Crippen LogP contribution in [0.2, 0.25) is 0 Å². The molecule has 2 amide bonds. The second kappa shape index (κ2) is 6.02. The highest BCUT2D eigenvalue weighted by molar-refractivity contribution is 5.86. The van der Waals surface area contributed by atoms with Crippen LogP contribution in [0.4, 0.5) is 0 Å².